The van der Waals surface area contributed by atoms with Gasteiger partial charge in [-0.2, -0.15) is 0 Å². The maximum Gasteiger partial charge on any atom is 0.254 e. The lowest BCUT2D eigenvalue weighted by molar-refractivity contribution is -0.120. The topological polar surface area (TPSA) is 61.4 Å². The van der Waals surface area contributed by atoms with E-state index in [9.17, 15) is 9.90 Å². The lowest BCUT2D eigenvalue weighted by Crippen LogP contribution is -2.52. The highest BCUT2D eigenvalue weighted by Gasteiger charge is 2.50. The number of halogens is 1. The molecule has 2 heterocycles. The first-order valence-corrected chi connectivity index (χ1v) is 7.18. The Morgan fingerprint density at radius 2 is 2.00 bits per heavy atom. The molecule has 0 radical (unpaired) electrons. The summed E-state index contributed by atoms with van der Waals surface area (Å²) in [7, 11) is 0. The Bertz CT molecular complexity index is 775. The molecule has 0 aliphatic carbocycles. The quantitative estimate of drug-likeness (QED) is 0.700. The minimum atomic E-state index is -0.915. The third-order valence-electron chi connectivity index (χ3n) is 4.25. The van der Waals surface area contributed by atoms with Crippen molar-refractivity contribution in [1.82, 2.24) is 5.32 Å². The van der Waals surface area contributed by atoms with Crippen LogP contribution in [0, 0.1) is 0 Å². The van der Waals surface area contributed by atoms with Gasteiger partial charge in [0, 0.05) is 22.8 Å². The first-order chi connectivity index (χ1) is 10.1. The number of rotatable bonds is 0. The van der Waals surface area contributed by atoms with Gasteiger partial charge in [-0.25, -0.2) is 0 Å². The number of anilines is 1. The van der Waals surface area contributed by atoms with E-state index in [1.54, 1.807) is 18.2 Å². The van der Waals surface area contributed by atoms with Gasteiger partial charge in [0.2, 0.25) is 0 Å². The fraction of sp³-hybridized carbons (Fsp3) is 0.188. The summed E-state index contributed by atoms with van der Waals surface area (Å²) in [6.45, 7) is 0.663. The molecule has 21 heavy (non-hydrogen) atoms. The average molecular weight is 301 g/mol. The highest BCUT2D eigenvalue weighted by Crippen LogP contribution is 2.45. The van der Waals surface area contributed by atoms with Crippen molar-refractivity contribution >= 4 is 23.2 Å². The lowest BCUT2D eigenvalue weighted by Gasteiger charge is -2.35. The molecule has 1 unspecified atom stereocenters. The summed E-state index contributed by atoms with van der Waals surface area (Å²) < 4.78 is 0. The van der Waals surface area contributed by atoms with Crippen molar-refractivity contribution in [3.8, 4) is 5.75 Å². The van der Waals surface area contributed by atoms with Gasteiger partial charge in [-0.05, 0) is 47.9 Å². The second-order valence-corrected chi connectivity index (χ2v) is 5.85. The Morgan fingerprint density at radius 3 is 2.86 bits per heavy atom. The molecule has 1 atom stereocenters. The molecular formula is C16H13ClN2O2. The minimum absolute atomic E-state index is 0.105. The summed E-state index contributed by atoms with van der Waals surface area (Å²) in [6, 6.07) is 10.6. The first kappa shape index (κ1) is 12.7. The van der Waals surface area contributed by atoms with Gasteiger partial charge in [-0.15, -0.1) is 0 Å². The zero-order valence-electron chi connectivity index (χ0n) is 11.1. The third kappa shape index (κ3) is 1.63. The van der Waals surface area contributed by atoms with Crippen LogP contribution in [-0.4, -0.2) is 17.6 Å². The summed E-state index contributed by atoms with van der Waals surface area (Å²) in [6.07, 6.45) is 0.772. The molecule has 1 spiro atoms. The maximum atomic E-state index is 12.7. The van der Waals surface area contributed by atoms with Gasteiger partial charge in [-0.3, -0.25) is 10.1 Å². The molecule has 4 nitrogen and oxygen atoms in total. The number of carbonyl (C=O) groups excluding carboxylic acids is 1. The first-order valence-electron chi connectivity index (χ1n) is 6.80. The van der Waals surface area contributed by atoms with Gasteiger partial charge < -0.3 is 10.4 Å². The van der Waals surface area contributed by atoms with Crippen molar-refractivity contribution in [2.24, 2.45) is 0 Å². The molecule has 2 aromatic carbocycles. The molecule has 2 aliphatic heterocycles. The highest BCUT2D eigenvalue weighted by atomic mass is 35.5. The van der Waals surface area contributed by atoms with Crippen molar-refractivity contribution in [2.45, 2.75) is 12.0 Å². The van der Waals surface area contributed by atoms with E-state index >= 15 is 0 Å². The Balaban J connectivity index is 2.02. The van der Waals surface area contributed by atoms with Gasteiger partial charge in [0.15, 0.2) is 5.54 Å². The zero-order chi connectivity index (χ0) is 14.6. The van der Waals surface area contributed by atoms with Gasteiger partial charge in [0.1, 0.15) is 5.75 Å². The molecule has 2 aromatic rings. The summed E-state index contributed by atoms with van der Waals surface area (Å²) in [5, 5.41) is 16.5. The molecule has 106 valence electrons. The number of carbonyl (C=O) groups is 1. The number of phenols is 1. The molecule has 2 aliphatic rings. The third-order valence-corrected chi connectivity index (χ3v) is 4.49. The number of fused-ring (bicyclic) bond motifs is 4. The normalized spacial score (nSPS) is 22.8. The van der Waals surface area contributed by atoms with Crippen molar-refractivity contribution in [3.05, 3.63) is 58.1 Å². The molecule has 1 amide bonds. The Kier molecular flexibility index (Phi) is 2.55. The van der Waals surface area contributed by atoms with Crippen molar-refractivity contribution in [3.63, 3.8) is 0 Å². The van der Waals surface area contributed by atoms with Crippen LogP contribution < -0.4 is 10.6 Å². The van der Waals surface area contributed by atoms with Crippen molar-refractivity contribution < 1.29 is 9.90 Å². The van der Waals surface area contributed by atoms with E-state index in [2.05, 4.69) is 10.6 Å². The van der Waals surface area contributed by atoms with E-state index in [-0.39, 0.29) is 11.7 Å². The van der Waals surface area contributed by atoms with Crippen LogP contribution in [0.25, 0.3) is 0 Å². The molecule has 0 saturated carbocycles. The molecule has 0 saturated heterocycles. The largest absolute Gasteiger partial charge is 0.508 e. The van der Waals surface area contributed by atoms with Gasteiger partial charge in [0.25, 0.3) is 5.91 Å². The Hall–Kier alpha value is -2.04. The molecule has 0 aromatic heterocycles. The Labute approximate surface area is 126 Å². The summed E-state index contributed by atoms with van der Waals surface area (Å²) in [5.41, 5.74) is 2.56. The molecule has 3 N–H and O–H groups in total. The predicted molar refractivity (Wildman–Crippen MR) is 80.7 cm³/mol. The van der Waals surface area contributed by atoms with Gasteiger partial charge in [-0.1, -0.05) is 17.7 Å². The van der Waals surface area contributed by atoms with Gasteiger partial charge >= 0.3 is 0 Å². The van der Waals surface area contributed by atoms with E-state index in [1.807, 2.05) is 18.2 Å². The Morgan fingerprint density at radius 1 is 1.14 bits per heavy atom. The summed E-state index contributed by atoms with van der Waals surface area (Å²) in [4.78, 5) is 12.7. The van der Waals surface area contributed by atoms with Crippen molar-refractivity contribution in [2.75, 3.05) is 11.9 Å². The predicted octanol–water partition coefficient (Wildman–Crippen LogP) is 2.39. The minimum Gasteiger partial charge on any atom is -0.508 e. The van der Waals surface area contributed by atoms with E-state index < -0.39 is 5.54 Å². The number of nitrogens with one attached hydrogen (secondary N) is 2. The molecule has 0 bridgehead atoms. The standard InChI is InChI=1S/C16H13ClN2O2/c17-10-1-4-14-13(8-10)16(15(21)19-14)12-3-2-11(20)7-9(12)5-6-18-16/h1-4,7-8,18,20H,5-6H2,(H,19,21). The average Bonchev–Trinajstić information content (AvgIpc) is 2.72. The van der Waals surface area contributed by atoms with E-state index in [0.717, 1.165) is 28.8 Å². The highest BCUT2D eigenvalue weighted by molar-refractivity contribution is 6.31. The second kappa shape index (κ2) is 4.23. The zero-order valence-corrected chi connectivity index (χ0v) is 11.9. The van der Waals surface area contributed by atoms with Crippen LogP contribution in [0.2, 0.25) is 5.02 Å². The fourth-order valence-corrected chi connectivity index (χ4v) is 3.52. The van der Waals surface area contributed by atoms with Crippen LogP contribution in [0.3, 0.4) is 0 Å². The number of aromatic hydroxyl groups is 1. The molecule has 4 rings (SSSR count). The lowest BCUT2D eigenvalue weighted by atomic mass is 9.78. The van der Waals surface area contributed by atoms with Crippen LogP contribution in [0.15, 0.2) is 36.4 Å². The number of benzene rings is 2. The van der Waals surface area contributed by atoms with Crippen LogP contribution in [0.4, 0.5) is 5.69 Å². The van der Waals surface area contributed by atoms with Crippen LogP contribution in [0.5, 0.6) is 5.75 Å². The van der Waals surface area contributed by atoms with Crippen molar-refractivity contribution in [1.29, 1.82) is 0 Å². The molecular weight excluding hydrogens is 288 g/mol. The molecule has 0 fully saturated rings. The molecule has 5 heteroatoms. The van der Waals surface area contributed by atoms with E-state index in [4.69, 9.17) is 11.6 Å². The van der Waals surface area contributed by atoms with E-state index in [1.165, 1.54) is 0 Å². The van der Waals surface area contributed by atoms with Crippen LogP contribution in [0.1, 0.15) is 16.7 Å². The number of amides is 1. The summed E-state index contributed by atoms with van der Waals surface area (Å²) >= 11 is 6.12. The van der Waals surface area contributed by atoms with Crippen LogP contribution in [-0.2, 0) is 16.8 Å². The number of hydrogen-bond acceptors (Lipinski definition) is 3. The number of phenolic OH excluding ortho intramolecular Hbond substituents is 1. The monoisotopic (exact) mass is 300 g/mol. The second-order valence-electron chi connectivity index (χ2n) is 5.41. The fourth-order valence-electron chi connectivity index (χ4n) is 3.35. The smallest absolute Gasteiger partial charge is 0.254 e. The SMILES string of the molecule is O=C1Nc2ccc(Cl)cc2C12NCCc1cc(O)ccc12. The van der Waals surface area contributed by atoms with E-state index in [0.29, 0.717) is 11.6 Å². The van der Waals surface area contributed by atoms with Crippen LogP contribution >= 0.6 is 11.6 Å². The maximum absolute atomic E-state index is 12.7. The number of hydrogen-bond donors (Lipinski definition) is 3. The summed E-state index contributed by atoms with van der Waals surface area (Å²) in [5.74, 6) is 0.113. The van der Waals surface area contributed by atoms with Gasteiger partial charge in [0.05, 0.1) is 0 Å².